The number of nitrogens with zero attached hydrogens (tertiary/aromatic N) is 2. The Morgan fingerprint density at radius 2 is 2.00 bits per heavy atom. The van der Waals surface area contributed by atoms with Crippen LogP contribution in [0.4, 0.5) is 8.78 Å². The molecule has 0 saturated carbocycles. The summed E-state index contributed by atoms with van der Waals surface area (Å²) in [5.74, 6) is -0.948. The van der Waals surface area contributed by atoms with Crippen molar-refractivity contribution in [3.05, 3.63) is 48.1 Å². The van der Waals surface area contributed by atoms with Gasteiger partial charge in [0.15, 0.2) is 0 Å². The molecule has 0 saturated heterocycles. The van der Waals surface area contributed by atoms with Crippen molar-refractivity contribution in [3.8, 4) is 5.69 Å². The number of nitrogens with one attached hydrogen (secondary N) is 1. The fourth-order valence-corrected chi connectivity index (χ4v) is 1.70. The first kappa shape index (κ1) is 13.7. The van der Waals surface area contributed by atoms with Gasteiger partial charge in [-0.3, -0.25) is 4.57 Å². The molecule has 1 aromatic heterocycles. The van der Waals surface area contributed by atoms with Gasteiger partial charge < -0.3 is 5.32 Å². The maximum Gasteiger partial charge on any atom is 0.147 e. The van der Waals surface area contributed by atoms with Crippen molar-refractivity contribution in [3.63, 3.8) is 0 Å². The lowest BCUT2D eigenvalue weighted by Gasteiger charge is -2.21. The van der Waals surface area contributed by atoms with Crippen LogP contribution in [-0.2, 0) is 6.54 Å². The van der Waals surface area contributed by atoms with E-state index in [0.717, 1.165) is 23.9 Å². The molecule has 102 valence electrons. The first-order chi connectivity index (χ1) is 8.87. The lowest BCUT2D eigenvalue weighted by molar-refractivity contribution is 0.419. The van der Waals surface area contributed by atoms with Gasteiger partial charge in [-0.05, 0) is 32.9 Å². The van der Waals surface area contributed by atoms with E-state index in [2.05, 4.69) is 10.3 Å². The van der Waals surface area contributed by atoms with Gasteiger partial charge in [-0.1, -0.05) is 0 Å². The summed E-state index contributed by atoms with van der Waals surface area (Å²) in [6, 6.07) is 3.38. The fourth-order valence-electron chi connectivity index (χ4n) is 1.70. The number of hydrogen-bond acceptors (Lipinski definition) is 2. The van der Waals surface area contributed by atoms with E-state index in [9.17, 15) is 8.78 Å². The summed E-state index contributed by atoms with van der Waals surface area (Å²) >= 11 is 0. The molecule has 1 N–H and O–H groups in total. The molecular formula is C14H17F2N3. The smallest absolute Gasteiger partial charge is 0.147 e. The average molecular weight is 265 g/mol. The molecule has 2 aromatic rings. The Labute approximate surface area is 111 Å². The van der Waals surface area contributed by atoms with Gasteiger partial charge in [0.25, 0.3) is 0 Å². The summed E-state index contributed by atoms with van der Waals surface area (Å²) in [6.07, 6.45) is 3.13. The van der Waals surface area contributed by atoms with Gasteiger partial charge in [0.05, 0.1) is 17.7 Å². The topological polar surface area (TPSA) is 29.9 Å². The van der Waals surface area contributed by atoms with E-state index < -0.39 is 11.6 Å². The maximum absolute atomic E-state index is 13.8. The van der Waals surface area contributed by atoms with Gasteiger partial charge in [0.2, 0.25) is 0 Å². The third-order valence-electron chi connectivity index (χ3n) is 2.68. The van der Waals surface area contributed by atoms with E-state index in [1.807, 2.05) is 20.8 Å². The van der Waals surface area contributed by atoms with E-state index in [1.165, 1.54) is 6.33 Å². The van der Waals surface area contributed by atoms with Crippen LogP contribution in [0.2, 0.25) is 0 Å². The lowest BCUT2D eigenvalue weighted by atomic mass is 10.1. The Balaban J connectivity index is 2.31. The van der Waals surface area contributed by atoms with Crippen molar-refractivity contribution < 1.29 is 8.78 Å². The van der Waals surface area contributed by atoms with Crippen LogP contribution in [0.3, 0.4) is 0 Å². The van der Waals surface area contributed by atoms with Crippen LogP contribution in [0.15, 0.2) is 30.7 Å². The highest BCUT2D eigenvalue weighted by Gasteiger charge is 2.13. The monoisotopic (exact) mass is 265 g/mol. The molecule has 0 aliphatic carbocycles. The van der Waals surface area contributed by atoms with Crippen LogP contribution in [0.1, 0.15) is 26.5 Å². The third kappa shape index (κ3) is 3.38. The molecule has 0 atom stereocenters. The van der Waals surface area contributed by atoms with Gasteiger partial charge in [-0.25, -0.2) is 13.8 Å². The van der Waals surface area contributed by atoms with E-state index >= 15 is 0 Å². The Morgan fingerprint density at radius 3 is 2.68 bits per heavy atom. The van der Waals surface area contributed by atoms with E-state index in [4.69, 9.17) is 0 Å². The summed E-state index contributed by atoms with van der Waals surface area (Å²) in [6.45, 7) is 6.64. The largest absolute Gasteiger partial charge is 0.306 e. The molecule has 0 bridgehead atoms. The molecule has 0 spiro atoms. The van der Waals surface area contributed by atoms with Crippen molar-refractivity contribution >= 4 is 0 Å². The normalized spacial score (nSPS) is 11.8. The number of hydrogen-bond donors (Lipinski definition) is 1. The molecule has 0 amide bonds. The zero-order chi connectivity index (χ0) is 14.0. The predicted molar refractivity (Wildman–Crippen MR) is 70.1 cm³/mol. The summed E-state index contributed by atoms with van der Waals surface area (Å²) in [4.78, 5) is 4.00. The SMILES string of the molecule is CC(C)(C)NCc1cncn1-c1cc(F)ccc1F. The zero-order valence-corrected chi connectivity index (χ0v) is 11.2. The van der Waals surface area contributed by atoms with Crippen LogP contribution >= 0.6 is 0 Å². The quantitative estimate of drug-likeness (QED) is 0.924. The van der Waals surface area contributed by atoms with E-state index in [0.29, 0.717) is 6.54 Å². The first-order valence-corrected chi connectivity index (χ1v) is 6.08. The molecule has 0 aliphatic rings. The molecule has 3 nitrogen and oxygen atoms in total. The highest BCUT2D eigenvalue weighted by atomic mass is 19.1. The first-order valence-electron chi connectivity index (χ1n) is 6.08. The van der Waals surface area contributed by atoms with Gasteiger partial charge in [-0.2, -0.15) is 0 Å². The number of imidazole rings is 1. The number of rotatable bonds is 3. The highest BCUT2D eigenvalue weighted by molar-refractivity contribution is 5.35. The second-order valence-corrected chi connectivity index (χ2v) is 5.45. The average Bonchev–Trinajstić information content (AvgIpc) is 2.77. The summed E-state index contributed by atoms with van der Waals surface area (Å²) in [5, 5.41) is 3.29. The Bertz CT molecular complexity index is 570. The minimum Gasteiger partial charge on any atom is -0.306 e. The van der Waals surface area contributed by atoms with Gasteiger partial charge in [0, 0.05) is 24.3 Å². The molecule has 5 heteroatoms. The Morgan fingerprint density at radius 1 is 1.26 bits per heavy atom. The molecule has 1 aromatic carbocycles. The molecule has 0 radical (unpaired) electrons. The van der Waals surface area contributed by atoms with Gasteiger partial charge in [0.1, 0.15) is 11.6 Å². The van der Waals surface area contributed by atoms with Crippen molar-refractivity contribution in [2.45, 2.75) is 32.9 Å². The van der Waals surface area contributed by atoms with Crippen LogP contribution in [0, 0.1) is 11.6 Å². The maximum atomic E-state index is 13.8. The highest BCUT2D eigenvalue weighted by Crippen LogP contribution is 2.17. The second kappa shape index (κ2) is 5.09. The van der Waals surface area contributed by atoms with Gasteiger partial charge in [-0.15, -0.1) is 0 Å². The van der Waals surface area contributed by atoms with Crippen LogP contribution in [0.5, 0.6) is 0 Å². The number of aromatic nitrogens is 2. The molecule has 0 unspecified atom stereocenters. The van der Waals surface area contributed by atoms with E-state index in [-0.39, 0.29) is 11.2 Å². The van der Waals surface area contributed by atoms with Crippen molar-refractivity contribution in [2.24, 2.45) is 0 Å². The van der Waals surface area contributed by atoms with E-state index in [1.54, 1.807) is 10.8 Å². The molecule has 0 aliphatic heterocycles. The standard InChI is InChI=1S/C14H17F2N3/c1-14(2,3)18-8-11-7-17-9-19(11)13-6-10(15)4-5-12(13)16/h4-7,9,18H,8H2,1-3H3. The van der Waals surface area contributed by atoms with Gasteiger partial charge >= 0.3 is 0 Å². The Kier molecular flexibility index (Phi) is 3.66. The summed E-state index contributed by atoms with van der Waals surface area (Å²) in [7, 11) is 0. The summed E-state index contributed by atoms with van der Waals surface area (Å²) in [5.41, 5.74) is 0.887. The molecule has 0 fully saturated rings. The molecular weight excluding hydrogens is 248 g/mol. The molecule has 2 rings (SSSR count). The number of halogens is 2. The Hall–Kier alpha value is -1.75. The molecule has 1 heterocycles. The zero-order valence-electron chi connectivity index (χ0n) is 11.2. The fraction of sp³-hybridized carbons (Fsp3) is 0.357. The van der Waals surface area contributed by atoms with Crippen LogP contribution in [0.25, 0.3) is 5.69 Å². The minimum atomic E-state index is -0.476. The second-order valence-electron chi connectivity index (χ2n) is 5.45. The minimum absolute atomic E-state index is 0.0599. The van der Waals surface area contributed by atoms with Crippen LogP contribution < -0.4 is 5.32 Å². The third-order valence-corrected chi connectivity index (χ3v) is 2.68. The van der Waals surface area contributed by atoms with Crippen molar-refractivity contribution in [1.82, 2.24) is 14.9 Å². The molecule has 19 heavy (non-hydrogen) atoms. The lowest BCUT2D eigenvalue weighted by Crippen LogP contribution is -2.35. The van der Waals surface area contributed by atoms with Crippen molar-refractivity contribution in [1.29, 1.82) is 0 Å². The van der Waals surface area contributed by atoms with Crippen LogP contribution in [-0.4, -0.2) is 15.1 Å². The van der Waals surface area contributed by atoms with Crippen molar-refractivity contribution in [2.75, 3.05) is 0 Å². The summed E-state index contributed by atoms with van der Waals surface area (Å²) < 4.78 is 28.5. The number of benzene rings is 1. The predicted octanol–water partition coefficient (Wildman–Crippen LogP) is 3.04.